The van der Waals surface area contributed by atoms with E-state index in [-0.39, 0.29) is 0 Å². The molecule has 0 aliphatic heterocycles. The zero-order valence-corrected chi connectivity index (χ0v) is 6.94. The van der Waals surface area contributed by atoms with Gasteiger partial charge in [-0.1, -0.05) is 0 Å². The van der Waals surface area contributed by atoms with Crippen molar-refractivity contribution < 1.29 is 0 Å². The van der Waals surface area contributed by atoms with Gasteiger partial charge in [-0.2, -0.15) is 5.10 Å². The Morgan fingerprint density at radius 2 is 2.00 bits per heavy atom. The molecule has 0 aromatic carbocycles. The molecule has 1 rings (SSSR count). The molecule has 1 aromatic rings. The Hall–Kier alpha value is -0.440. The number of rotatable bonds is 0. The second-order valence-corrected chi connectivity index (χ2v) is 2.75. The zero-order valence-electron chi connectivity index (χ0n) is 5.35. The van der Waals surface area contributed by atoms with Gasteiger partial charge in [-0.3, -0.25) is 0 Å². The topological polar surface area (TPSA) is 25.8 Å². The maximum atomic E-state index is 3.88. The van der Waals surface area contributed by atoms with Gasteiger partial charge in [-0.25, -0.2) is 0 Å². The van der Waals surface area contributed by atoms with Gasteiger partial charge in [-0.15, -0.1) is 5.10 Å². The fourth-order valence-corrected chi connectivity index (χ4v) is 0.936. The molecule has 0 aliphatic rings. The largest absolute Gasteiger partial charge is 0.155 e. The SMILES string of the molecule is Cc1cc(Br)nnc1C. The van der Waals surface area contributed by atoms with Crippen LogP contribution in [0.1, 0.15) is 11.3 Å². The second-order valence-electron chi connectivity index (χ2n) is 1.94. The average Bonchev–Trinajstić information content (AvgIpc) is 1.80. The van der Waals surface area contributed by atoms with Crippen LogP contribution in [0.3, 0.4) is 0 Å². The lowest BCUT2D eigenvalue weighted by atomic mass is 10.3. The summed E-state index contributed by atoms with van der Waals surface area (Å²) in [4.78, 5) is 0. The summed E-state index contributed by atoms with van der Waals surface area (Å²) in [6.45, 7) is 3.95. The Kier molecular flexibility index (Phi) is 1.81. The molecule has 0 saturated heterocycles. The van der Waals surface area contributed by atoms with Crippen LogP contribution in [0.25, 0.3) is 0 Å². The zero-order chi connectivity index (χ0) is 6.85. The van der Waals surface area contributed by atoms with Gasteiger partial charge in [-0.05, 0) is 41.4 Å². The summed E-state index contributed by atoms with van der Waals surface area (Å²) >= 11 is 3.22. The maximum absolute atomic E-state index is 3.88. The number of hydrogen-bond acceptors (Lipinski definition) is 2. The molecule has 0 N–H and O–H groups in total. The van der Waals surface area contributed by atoms with E-state index in [1.165, 1.54) is 0 Å². The van der Waals surface area contributed by atoms with Crippen molar-refractivity contribution in [3.63, 3.8) is 0 Å². The molecule has 0 aliphatic carbocycles. The first kappa shape index (κ1) is 6.68. The summed E-state index contributed by atoms with van der Waals surface area (Å²) in [5.41, 5.74) is 2.15. The van der Waals surface area contributed by atoms with Crippen molar-refractivity contribution in [3.8, 4) is 0 Å². The second kappa shape index (κ2) is 2.43. The molecular formula is C6H7BrN2. The van der Waals surface area contributed by atoms with Crippen LogP contribution in [0.5, 0.6) is 0 Å². The van der Waals surface area contributed by atoms with Gasteiger partial charge >= 0.3 is 0 Å². The van der Waals surface area contributed by atoms with Gasteiger partial charge in [0.1, 0.15) is 4.60 Å². The minimum Gasteiger partial charge on any atom is -0.155 e. The van der Waals surface area contributed by atoms with Crippen LogP contribution in [0.4, 0.5) is 0 Å². The predicted molar refractivity (Wildman–Crippen MR) is 39.2 cm³/mol. The van der Waals surface area contributed by atoms with E-state index in [4.69, 9.17) is 0 Å². The summed E-state index contributed by atoms with van der Waals surface area (Å²) in [6, 6.07) is 1.95. The van der Waals surface area contributed by atoms with Crippen molar-refractivity contribution >= 4 is 15.9 Å². The van der Waals surface area contributed by atoms with Crippen molar-refractivity contribution in [3.05, 3.63) is 21.9 Å². The minimum atomic E-state index is 0.797. The van der Waals surface area contributed by atoms with Gasteiger partial charge in [0.15, 0.2) is 0 Å². The minimum absolute atomic E-state index is 0.797. The van der Waals surface area contributed by atoms with Gasteiger partial charge in [0.05, 0.1) is 5.69 Å². The van der Waals surface area contributed by atoms with E-state index >= 15 is 0 Å². The molecule has 0 bridgehead atoms. The van der Waals surface area contributed by atoms with Crippen molar-refractivity contribution in [2.45, 2.75) is 13.8 Å². The molecule has 48 valence electrons. The number of halogens is 1. The van der Waals surface area contributed by atoms with Crippen LogP contribution in [-0.2, 0) is 0 Å². The smallest absolute Gasteiger partial charge is 0.129 e. The predicted octanol–water partition coefficient (Wildman–Crippen LogP) is 1.86. The average molecular weight is 187 g/mol. The van der Waals surface area contributed by atoms with Gasteiger partial charge < -0.3 is 0 Å². The molecule has 0 radical (unpaired) electrons. The Labute approximate surface area is 62.4 Å². The quantitative estimate of drug-likeness (QED) is 0.619. The van der Waals surface area contributed by atoms with E-state index < -0.39 is 0 Å². The van der Waals surface area contributed by atoms with Crippen LogP contribution in [0.15, 0.2) is 10.7 Å². The Balaban J connectivity index is 3.17. The van der Waals surface area contributed by atoms with Crippen LogP contribution in [0.2, 0.25) is 0 Å². The van der Waals surface area contributed by atoms with Crippen LogP contribution in [0, 0.1) is 13.8 Å². The molecule has 1 aromatic heterocycles. The number of aromatic nitrogens is 2. The molecule has 1 heterocycles. The number of hydrogen-bond donors (Lipinski definition) is 0. The Bertz CT molecular complexity index is 222. The first-order valence-electron chi connectivity index (χ1n) is 2.66. The highest BCUT2D eigenvalue weighted by atomic mass is 79.9. The lowest BCUT2D eigenvalue weighted by Gasteiger charge is -1.94. The standard InChI is InChI=1S/C6H7BrN2/c1-4-3-6(7)9-8-5(4)2/h3H,1-2H3. The van der Waals surface area contributed by atoms with E-state index in [0.29, 0.717) is 0 Å². The summed E-state index contributed by atoms with van der Waals surface area (Å²) in [5.74, 6) is 0. The van der Waals surface area contributed by atoms with Crippen LogP contribution in [-0.4, -0.2) is 10.2 Å². The fraction of sp³-hybridized carbons (Fsp3) is 0.333. The first-order valence-corrected chi connectivity index (χ1v) is 3.46. The Morgan fingerprint density at radius 1 is 1.33 bits per heavy atom. The first-order chi connectivity index (χ1) is 4.20. The van der Waals surface area contributed by atoms with E-state index in [0.717, 1.165) is 15.9 Å². The number of aryl methyl sites for hydroxylation is 2. The highest BCUT2D eigenvalue weighted by molar-refractivity contribution is 9.10. The monoisotopic (exact) mass is 186 g/mol. The summed E-state index contributed by atoms with van der Waals surface area (Å²) < 4.78 is 0.797. The van der Waals surface area contributed by atoms with Gasteiger partial charge in [0.2, 0.25) is 0 Å². The molecule has 0 spiro atoms. The van der Waals surface area contributed by atoms with Crippen LogP contribution >= 0.6 is 15.9 Å². The molecule has 9 heavy (non-hydrogen) atoms. The third-order valence-corrected chi connectivity index (χ3v) is 1.59. The molecule has 3 heteroatoms. The van der Waals surface area contributed by atoms with Crippen molar-refractivity contribution in [2.24, 2.45) is 0 Å². The third-order valence-electron chi connectivity index (χ3n) is 1.20. The highest BCUT2D eigenvalue weighted by Gasteiger charge is 1.93. The lowest BCUT2D eigenvalue weighted by Crippen LogP contribution is -1.89. The maximum Gasteiger partial charge on any atom is 0.129 e. The molecule has 0 unspecified atom stereocenters. The number of nitrogens with zero attached hydrogens (tertiary/aromatic N) is 2. The molecule has 0 fully saturated rings. The molecule has 0 amide bonds. The highest BCUT2D eigenvalue weighted by Crippen LogP contribution is 2.07. The van der Waals surface area contributed by atoms with Gasteiger partial charge in [0, 0.05) is 0 Å². The van der Waals surface area contributed by atoms with E-state index in [1.54, 1.807) is 0 Å². The normalized spacial score (nSPS) is 9.67. The summed E-state index contributed by atoms with van der Waals surface area (Å²) in [7, 11) is 0. The summed E-state index contributed by atoms with van der Waals surface area (Å²) in [5, 5.41) is 7.69. The van der Waals surface area contributed by atoms with Crippen molar-refractivity contribution in [2.75, 3.05) is 0 Å². The van der Waals surface area contributed by atoms with Crippen LogP contribution < -0.4 is 0 Å². The van der Waals surface area contributed by atoms with Crippen molar-refractivity contribution in [1.82, 2.24) is 10.2 Å². The van der Waals surface area contributed by atoms with Crippen molar-refractivity contribution in [1.29, 1.82) is 0 Å². The fourth-order valence-electron chi connectivity index (χ4n) is 0.514. The summed E-state index contributed by atoms with van der Waals surface area (Å²) in [6.07, 6.45) is 0. The van der Waals surface area contributed by atoms with E-state index in [9.17, 15) is 0 Å². The van der Waals surface area contributed by atoms with E-state index in [2.05, 4.69) is 26.1 Å². The molecule has 0 atom stereocenters. The lowest BCUT2D eigenvalue weighted by molar-refractivity contribution is 0.941. The molecule has 2 nitrogen and oxygen atoms in total. The van der Waals surface area contributed by atoms with Gasteiger partial charge in [0.25, 0.3) is 0 Å². The Morgan fingerprint density at radius 3 is 2.44 bits per heavy atom. The third kappa shape index (κ3) is 1.48. The van der Waals surface area contributed by atoms with E-state index in [1.807, 2.05) is 19.9 Å². The molecular weight excluding hydrogens is 180 g/mol. The molecule has 0 saturated carbocycles.